The van der Waals surface area contributed by atoms with Gasteiger partial charge in [-0.25, -0.2) is 9.97 Å². The van der Waals surface area contributed by atoms with E-state index in [1.807, 2.05) is 36.1 Å². The number of halogens is 3. The maximum Gasteiger partial charge on any atom is 0.443 e. The number of nitrogens with one attached hydrogen (secondary N) is 2. The lowest BCUT2D eigenvalue weighted by atomic mass is 10.2. The number of fused-ring (bicyclic) bond motifs is 1. The van der Waals surface area contributed by atoms with Gasteiger partial charge in [0.2, 0.25) is 5.01 Å². The number of thiazole rings is 1. The Bertz CT molecular complexity index is 868. The molecular formula is C16H16F3N5S. The summed E-state index contributed by atoms with van der Waals surface area (Å²) in [6.07, 6.45) is -4.47. The van der Waals surface area contributed by atoms with Crippen LogP contribution in [0.2, 0.25) is 0 Å². The highest BCUT2D eigenvalue weighted by Gasteiger charge is 2.38. The second-order valence-electron chi connectivity index (χ2n) is 6.07. The number of imidazole rings is 1. The molecule has 1 fully saturated rings. The van der Waals surface area contributed by atoms with E-state index in [1.165, 1.54) is 0 Å². The van der Waals surface area contributed by atoms with E-state index in [0.29, 0.717) is 40.8 Å². The van der Waals surface area contributed by atoms with Gasteiger partial charge in [0.15, 0.2) is 5.82 Å². The molecule has 5 nitrogen and oxygen atoms in total. The molecular weight excluding hydrogens is 351 g/mol. The molecule has 3 aromatic rings. The third-order valence-electron chi connectivity index (χ3n) is 4.12. The van der Waals surface area contributed by atoms with Crippen LogP contribution in [0.3, 0.4) is 0 Å². The Morgan fingerprint density at radius 1 is 1.24 bits per heavy atom. The van der Waals surface area contributed by atoms with Gasteiger partial charge in [-0.2, -0.15) is 13.2 Å². The number of nitrogens with zero attached hydrogens (tertiary/aromatic N) is 3. The molecule has 1 atom stereocenters. The molecule has 9 heteroatoms. The van der Waals surface area contributed by atoms with E-state index in [0.717, 1.165) is 12.1 Å². The highest BCUT2D eigenvalue weighted by Crippen LogP contribution is 2.42. The number of aromatic amines is 1. The van der Waals surface area contributed by atoms with Gasteiger partial charge in [-0.3, -0.25) is 0 Å². The molecule has 2 N–H and O–H groups in total. The van der Waals surface area contributed by atoms with Crippen molar-refractivity contribution in [1.29, 1.82) is 0 Å². The Morgan fingerprint density at radius 2 is 2.04 bits per heavy atom. The summed E-state index contributed by atoms with van der Waals surface area (Å²) in [6, 6.07) is 7.56. The molecule has 0 amide bonds. The van der Waals surface area contributed by atoms with Crippen LogP contribution in [-0.4, -0.2) is 40.6 Å². The number of hydrogen-bond acceptors (Lipinski definition) is 5. The van der Waals surface area contributed by atoms with Crippen molar-refractivity contribution in [3.63, 3.8) is 0 Å². The first kappa shape index (κ1) is 16.3. The van der Waals surface area contributed by atoms with E-state index in [9.17, 15) is 13.2 Å². The van der Waals surface area contributed by atoms with Gasteiger partial charge < -0.3 is 15.2 Å². The predicted octanol–water partition coefficient (Wildman–Crippen LogP) is 3.50. The van der Waals surface area contributed by atoms with E-state index >= 15 is 0 Å². The van der Waals surface area contributed by atoms with Crippen LogP contribution in [0.25, 0.3) is 22.6 Å². The molecule has 0 aliphatic carbocycles. The van der Waals surface area contributed by atoms with Gasteiger partial charge in [0.25, 0.3) is 0 Å². The molecule has 0 radical (unpaired) electrons. The summed E-state index contributed by atoms with van der Waals surface area (Å²) < 4.78 is 39.7. The standard InChI is InChI=1S/C16H16F3N5S/c1-9-8-24(7-6-20-9)14-12(23-15(25-14)16(17,18)19)13-21-10-4-2-3-5-11(10)22-13/h2-5,9,20H,6-8H2,1H3,(H,21,22). The van der Waals surface area contributed by atoms with E-state index < -0.39 is 11.2 Å². The lowest BCUT2D eigenvalue weighted by molar-refractivity contribution is -0.137. The van der Waals surface area contributed by atoms with Crippen molar-refractivity contribution in [2.45, 2.75) is 19.1 Å². The number of alkyl halides is 3. The van der Waals surface area contributed by atoms with Gasteiger partial charge in [0, 0.05) is 25.7 Å². The SMILES string of the molecule is CC1CN(c2sc(C(F)(F)F)nc2-c2nc3ccccc3[nH]2)CCN1. The van der Waals surface area contributed by atoms with E-state index in [2.05, 4.69) is 20.3 Å². The summed E-state index contributed by atoms with van der Waals surface area (Å²) in [5.41, 5.74) is 1.75. The van der Waals surface area contributed by atoms with Crippen molar-refractivity contribution >= 4 is 27.4 Å². The fourth-order valence-electron chi connectivity index (χ4n) is 2.98. The van der Waals surface area contributed by atoms with Gasteiger partial charge >= 0.3 is 6.18 Å². The normalized spacial score (nSPS) is 18.9. The van der Waals surface area contributed by atoms with E-state index in [1.54, 1.807) is 0 Å². The topological polar surface area (TPSA) is 56.8 Å². The Hall–Kier alpha value is -2.13. The molecule has 2 aromatic heterocycles. The minimum absolute atomic E-state index is 0.203. The number of benzene rings is 1. The largest absolute Gasteiger partial charge is 0.443 e. The molecule has 3 heterocycles. The zero-order valence-electron chi connectivity index (χ0n) is 13.4. The monoisotopic (exact) mass is 367 g/mol. The van der Waals surface area contributed by atoms with Gasteiger partial charge in [-0.15, -0.1) is 0 Å². The number of anilines is 1. The molecule has 1 saturated heterocycles. The van der Waals surface area contributed by atoms with Crippen molar-refractivity contribution < 1.29 is 13.2 Å². The summed E-state index contributed by atoms with van der Waals surface area (Å²) in [5.74, 6) is 0.370. The van der Waals surface area contributed by atoms with Crippen LogP contribution >= 0.6 is 11.3 Å². The first-order valence-electron chi connectivity index (χ1n) is 7.93. The van der Waals surface area contributed by atoms with Crippen LogP contribution in [0.4, 0.5) is 18.2 Å². The number of H-pyrrole nitrogens is 1. The smallest absolute Gasteiger partial charge is 0.359 e. The molecule has 0 saturated carbocycles. The Balaban J connectivity index is 1.83. The maximum absolute atomic E-state index is 13.2. The number of para-hydroxylation sites is 2. The lowest BCUT2D eigenvalue weighted by Gasteiger charge is -2.32. The first-order valence-corrected chi connectivity index (χ1v) is 8.75. The maximum atomic E-state index is 13.2. The molecule has 1 aliphatic heterocycles. The highest BCUT2D eigenvalue weighted by atomic mass is 32.1. The first-order chi connectivity index (χ1) is 11.9. The Labute approximate surface area is 145 Å². The van der Waals surface area contributed by atoms with Crippen LogP contribution in [-0.2, 0) is 6.18 Å². The number of aromatic nitrogens is 3. The zero-order chi connectivity index (χ0) is 17.6. The average Bonchev–Trinajstić information content (AvgIpc) is 3.18. The minimum Gasteiger partial charge on any atom is -0.359 e. The van der Waals surface area contributed by atoms with Crippen LogP contribution in [0.1, 0.15) is 11.9 Å². The van der Waals surface area contributed by atoms with E-state index in [4.69, 9.17) is 0 Å². The minimum atomic E-state index is -4.47. The van der Waals surface area contributed by atoms with Crippen molar-refractivity contribution in [3.05, 3.63) is 29.3 Å². The number of piperazine rings is 1. The summed E-state index contributed by atoms with van der Waals surface area (Å²) in [6.45, 7) is 4.00. The number of hydrogen-bond donors (Lipinski definition) is 2. The average molecular weight is 367 g/mol. The van der Waals surface area contributed by atoms with Crippen molar-refractivity contribution in [1.82, 2.24) is 20.3 Å². The summed E-state index contributed by atoms with van der Waals surface area (Å²) >= 11 is 0.682. The fraction of sp³-hybridized carbons (Fsp3) is 0.375. The van der Waals surface area contributed by atoms with Crippen LogP contribution in [0, 0.1) is 0 Å². The third-order valence-corrected chi connectivity index (χ3v) is 5.28. The van der Waals surface area contributed by atoms with Gasteiger partial charge in [-0.05, 0) is 19.1 Å². The second-order valence-corrected chi connectivity index (χ2v) is 7.05. The summed E-state index contributed by atoms with van der Waals surface area (Å²) in [4.78, 5) is 13.4. The van der Waals surface area contributed by atoms with Gasteiger partial charge in [0.1, 0.15) is 10.7 Å². The molecule has 0 spiro atoms. The fourth-order valence-corrected chi connectivity index (χ4v) is 3.95. The summed E-state index contributed by atoms with van der Waals surface area (Å²) in [7, 11) is 0. The van der Waals surface area contributed by atoms with Crippen LogP contribution < -0.4 is 10.2 Å². The molecule has 25 heavy (non-hydrogen) atoms. The zero-order valence-corrected chi connectivity index (χ0v) is 14.2. The van der Waals surface area contributed by atoms with Crippen LogP contribution in [0.5, 0.6) is 0 Å². The molecule has 0 bridgehead atoms. The lowest BCUT2D eigenvalue weighted by Crippen LogP contribution is -2.49. The van der Waals surface area contributed by atoms with Gasteiger partial charge in [0.05, 0.1) is 11.0 Å². The Morgan fingerprint density at radius 3 is 2.76 bits per heavy atom. The quantitative estimate of drug-likeness (QED) is 0.728. The third kappa shape index (κ3) is 3.09. The van der Waals surface area contributed by atoms with Crippen LogP contribution in [0.15, 0.2) is 24.3 Å². The number of rotatable bonds is 2. The highest BCUT2D eigenvalue weighted by molar-refractivity contribution is 7.16. The van der Waals surface area contributed by atoms with Gasteiger partial charge in [-0.1, -0.05) is 23.5 Å². The predicted molar refractivity (Wildman–Crippen MR) is 91.9 cm³/mol. The molecule has 1 aliphatic rings. The molecule has 1 unspecified atom stereocenters. The van der Waals surface area contributed by atoms with Crippen molar-refractivity contribution in [2.75, 3.05) is 24.5 Å². The van der Waals surface area contributed by atoms with Crippen molar-refractivity contribution in [2.24, 2.45) is 0 Å². The molecule has 132 valence electrons. The van der Waals surface area contributed by atoms with Crippen molar-refractivity contribution in [3.8, 4) is 11.5 Å². The Kier molecular flexibility index (Phi) is 3.92. The second kappa shape index (κ2) is 5.99. The molecule has 4 rings (SSSR count). The molecule has 1 aromatic carbocycles. The summed E-state index contributed by atoms with van der Waals surface area (Å²) in [5, 5.41) is 2.97. The van der Waals surface area contributed by atoms with E-state index in [-0.39, 0.29) is 11.7 Å².